The zero-order valence-corrected chi connectivity index (χ0v) is 17.6. The van der Waals surface area contributed by atoms with Crippen LogP contribution in [0.5, 0.6) is 5.75 Å². The number of benzene rings is 2. The summed E-state index contributed by atoms with van der Waals surface area (Å²) in [6, 6.07) is 12.9. The molecule has 3 aromatic rings. The Bertz CT molecular complexity index is 996. The molecule has 0 amide bonds. The molecule has 0 spiro atoms. The number of ether oxygens (including phenoxy) is 1. The lowest BCUT2D eigenvalue weighted by molar-refractivity contribution is 0.0697. The van der Waals surface area contributed by atoms with Crippen molar-refractivity contribution in [2.45, 2.75) is 40.0 Å². The average Bonchev–Trinajstić information content (AvgIpc) is 3.15. The van der Waals surface area contributed by atoms with Crippen molar-refractivity contribution in [2.24, 2.45) is 5.92 Å². The highest BCUT2D eigenvalue weighted by Gasteiger charge is 2.20. The first-order valence-corrected chi connectivity index (χ1v) is 9.80. The van der Waals surface area contributed by atoms with Gasteiger partial charge in [0.25, 0.3) is 0 Å². The van der Waals surface area contributed by atoms with Crippen molar-refractivity contribution in [2.75, 3.05) is 6.61 Å². The third kappa shape index (κ3) is 4.86. The van der Waals surface area contributed by atoms with Crippen LogP contribution < -0.4 is 4.74 Å². The van der Waals surface area contributed by atoms with Crippen molar-refractivity contribution in [3.8, 4) is 22.7 Å². The van der Waals surface area contributed by atoms with Gasteiger partial charge in [0, 0.05) is 23.0 Å². The molecule has 5 nitrogen and oxygen atoms in total. The van der Waals surface area contributed by atoms with Gasteiger partial charge in [-0.2, -0.15) is 0 Å². The number of rotatable bonds is 6. The number of carbonyl (C=O) groups is 1. The lowest BCUT2D eigenvalue weighted by Gasteiger charge is -2.24. The molecule has 0 aliphatic carbocycles. The van der Waals surface area contributed by atoms with Gasteiger partial charge in [-0.15, -0.1) is 0 Å². The molecule has 0 atom stereocenters. The summed E-state index contributed by atoms with van der Waals surface area (Å²) in [6.45, 7) is 11.5. The van der Waals surface area contributed by atoms with E-state index in [1.807, 2.05) is 22.9 Å². The molecule has 1 N–H and O–H groups in total. The van der Waals surface area contributed by atoms with Crippen molar-refractivity contribution >= 4 is 5.97 Å². The summed E-state index contributed by atoms with van der Waals surface area (Å²) in [5.41, 5.74) is 4.03. The largest absolute Gasteiger partial charge is 0.493 e. The van der Waals surface area contributed by atoms with Crippen LogP contribution >= 0.6 is 0 Å². The second kappa shape index (κ2) is 8.11. The molecule has 0 saturated heterocycles. The van der Waals surface area contributed by atoms with E-state index in [1.54, 1.807) is 30.6 Å². The third-order valence-electron chi connectivity index (χ3n) is 4.65. The molecular weight excluding hydrogens is 364 g/mol. The molecule has 2 aromatic carbocycles. The van der Waals surface area contributed by atoms with Gasteiger partial charge in [-0.3, -0.25) is 0 Å². The second-order valence-electron chi connectivity index (χ2n) is 8.68. The Kier molecular flexibility index (Phi) is 5.78. The van der Waals surface area contributed by atoms with Crippen LogP contribution in [0, 0.1) is 5.92 Å². The van der Waals surface area contributed by atoms with Crippen LogP contribution in [0.2, 0.25) is 0 Å². The fourth-order valence-corrected chi connectivity index (χ4v) is 3.04. The smallest absolute Gasteiger partial charge is 0.335 e. The van der Waals surface area contributed by atoms with E-state index in [2.05, 4.69) is 45.7 Å². The minimum absolute atomic E-state index is 0.0571. The van der Waals surface area contributed by atoms with Crippen LogP contribution in [0.3, 0.4) is 0 Å². The van der Waals surface area contributed by atoms with Crippen molar-refractivity contribution in [3.63, 3.8) is 0 Å². The SMILES string of the molecule is CC(C)COc1ccc(-n2cnc(-c3ccc(C(=O)O)cc3)c2)cc1C(C)(C)C. The summed E-state index contributed by atoms with van der Waals surface area (Å²) in [5, 5.41) is 9.05. The Morgan fingerprint density at radius 3 is 2.41 bits per heavy atom. The van der Waals surface area contributed by atoms with E-state index in [0.717, 1.165) is 28.3 Å². The molecule has 29 heavy (non-hydrogen) atoms. The first-order valence-electron chi connectivity index (χ1n) is 9.80. The van der Waals surface area contributed by atoms with Gasteiger partial charge in [0.05, 0.1) is 24.2 Å². The summed E-state index contributed by atoms with van der Waals surface area (Å²) in [5.74, 6) is 0.447. The van der Waals surface area contributed by atoms with Crippen LogP contribution in [0.1, 0.15) is 50.5 Å². The van der Waals surface area contributed by atoms with Crippen LogP contribution in [-0.2, 0) is 5.41 Å². The highest BCUT2D eigenvalue weighted by atomic mass is 16.5. The van der Waals surface area contributed by atoms with Crippen molar-refractivity contribution in [1.29, 1.82) is 0 Å². The number of hydrogen-bond donors (Lipinski definition) is 1. The Morgan fingerprint density at radius 2 is 1.83 bits per heavy atom. The van der Waals surface area contributed by atoms with Gasteiger partial charge in [-0.05, 0) is 41.7 Å². The average molecular weight is 392 g/mol. The lowest BCUT2D eigenvalue weighted by Crippen LogP contribution is -2.15. The lowest BCUT2D eigenvalue weighted by atomic mass is 9.86. The molecule has 0 radical (unpaired) electrons. The van der Waals surface area contributed by atoms with Gasteiger partial charge < -0.3 is 14.4 Å². The minimum Gasteiger partial charge on any atom is -0.493 e. The first kappa shape index (κ1) is 20.6. The molecule has 1 heterocycles. The maximum Gasteiger partial charge on any atom is 0.335 e. The highest BCUT2D eigenvalue weighted by molar-refractivity contribution is 5.88. The van der Waals surface area contributed by atoms with Gasteiger partial charge >= 0.3 is 5.97 Å². The van der Waals surface area contributed by atoms with Crippen LogP contribution in [-0.4, -0.2) is 27.2 Å². The van der Waals surface area contributed by atoms with Crippen LogP contribution in [0.15, 0.2) is 55.0 Å². The molecule has 3 rings (SSSR count). The van der Waals surface area contributed by atoms with Gasteiger partial charge in [-0.25, -0.2) is 9.78 Å². The fraction of sp³-hybridized carbons (Fsp3) is 0.333. The molecule has 0 fully saturated rings. The second-order valence-corrected chi connectivity index (χ2v) is 8.68. The van der Waals surface area contributed by atoms with Gasteiger partial charge in [-0.1, -0.05) is 46.8 Å². The maximum absolute atomic E-state index is 11.0. The predicted molar refractivity (Wildman–Crippen MR) is 115 cm³/mol. The molecular formula is C24H28N2O3. The Morgan fingerprint density at radius 1 is 1.14 bits per heavy atom. The van der Waals surface area contributed by atoms with Gasteiger partial charge in [0.15, 0.2) is 0 Å². The Hall–Kier alpha value is -3.08. The first-order chi connectivity index (χ1) is 13.6. The molecule has 1 aromatic heterocycles. The third-order valence-corrected chi connectivity index (χ3v) is 4.65. The molecule has 0 unspecified atom stereocenters. The summed E-state index contributed by atoms with van der Waals surface area (Å²) in [7, 11) is 0. The maximum atomic E-state index is 11.0. The highest BCUT2D eigenvalue weighted by Crippen LogP contribution is 2.34. The summed E-state index contributed by atoms with van der Waals surface area (Å²) in [4.78, 5) is 15.5. The molecule has 0 bridgehead atoms. The van der Waals surface area contributed by atoms with E-state index in [0.29, 0.717) is 12.5 Å². The standard InChI is InChI=1S/C24H28N2O3/c1-16(2)14-29-22-11-10-19(12-20(22)24(3,4)5)26-13-21(25-15-26)17-6-8-18(9-7-17)23(27)28/h6-13,15-16H,14H2,1-5H3,(H,27,28). The molecule has 5 heteroatoms. The van der Waals surface area contributed by atoms with Crippen molar-refractivity contribution < 1.29 is 14.6 Å². The van der Waals surface area contributed by atoms with Crippen LogP contribution in [0.25, 0.3) is 16.9 Å². The van der Waals surface area contributed by atoms with E-state index in [1.165, 1.54) is 0 Å². The number of imidazole rings is 1. The van der Waals surface area contributed by atoms with Crippen LogP contribution in [0.4, 0.5) is 0 Å². The Balaban J connectivity index is 1.92. The van der Waals surface area contributed by atoms with E-state index in [-0.39, 0.29) is 11.0 Å². The van der Waals surface area contributed by atoms with Gasteiger partial charge in [0.2, 0.25) is 0 Å². The number of aromatic carboxylic acids is 1. The summed E-state index contributed by atoms with van der Waals surface area (Å²) in [6.07, 6.45) is 3.73. The number of hydrogen-bond acceptors (Lipinski definition) is 3. The molecule has 152 valence electrons. The summed E-state index contributed by atoms with van der Waals surface area (Å²) >= 11 is 0. The van der Waals surface area contributed by atoms with Gasteiger partial charge in [0.1, 0.15) is 5.75 Å². The molecule has 0 saturated carbocycles. The van der Waals surface area contributed by atoms with E-state index < -0.39 is 5.97 Å². The summed E-state index contributed by atoms with van der Waals surface area (Å²) < 4.78 is 8.02. The quantitative estimate of drug-likeness (QED) is 0.596. The molecule has 0 aliphatic heterocycles. The number of aromatic nitrogens is 2. The zero-order valence-electron chi connectivity index (χ0n) is 17.6. The molecule has 0 aliphatic rings. The monoisotopic (exact) mass is 392 g/mol. The number of nitrogens with zero attached hydrogens (tertiary/aromatic N) is 2. The zero-order chi connectivity index (χ0) is 21.2. The van der Waals surface area contributed by atoms with Crippen molar-refractivity contribution in [3.05, 3.63) is 66.1 Å². The normalized spacial score (nSPS) is 11.7. The van der Waals surface area contributed by atoms with E-state index >= 15 is 0 Å². The topological polar surface area (TPSA) is 64.4 Å². The predicted octanol–water partition coefficient (Wildman–Crippen LogP) is 5.57. The number of carboxylic acid groups (broad SMARTS) is 1. The fourth-order valence-electron chi connectivity index (χ4n) is 3.04. The minimum atomic E-state index is -0.934. The van der Waals surface area contributed by atoms with E-state index in [9.17, 15) is 4.79 Å². The van der Waals surface area contributed by atoms with E-state index in [4.69, 9.17) is 9.84 Å². The Labute approximate surface area is 172 Å². The van der Waals surface area contributed by atoms with Crippen molar-refractivity contribution in [1.82, 2.24) is 9.55 Å². The number of carboxylic acids is 1.